The molecule has 5 heteroatoms. The van der Waals surface area contributed by atoms with Crippen LogP contribution in [0, 0.1) is 5.41 Å². The molecule has 0 aromatic carbocycles. The lowest BCUT2D eigenvalue weighted by Crippen LogP contribution is -2.49. The fourth-order valence-corrected chi connectivity index (χ4v) is 2.16. The molecule has 0 aromatic heterocycles. The van der Waals surface area contributed by atoms with Gasteiger partial charge in [-0.05, 0) is 31.7 Å². The minimum Gasteiger partial charge on any atom is -0.376 e. The van der Waals surface area contributed by atoms with E-state index in [-0.39, 0.29) is 24.0 Å². The van der Waals surface area contributed by atoms with Crippen molar-refractivity contribution < 1.29 is 17.9 Å². The molecule has 0 saturated heterocycles. The largest absolute Gasteiger partial charge is 0.389 e. The Kier molecular flexibility index (Phi) is 7.98. The van der Waals surface area contributed by atoms with Crippen molar-refractivity contribution in [1.29, 1.82) is 0 Å². The third kappa shape index (κ3) is 8.47. The minimum absolute atomic E-state index is 0.0609. The molecule has 0 amide bonds. The third-order valence-electron chi connectivity index (χ3n) is 2.96. The van der Waals surface area contributed by atoms with Gasteiger partial charge in [0.2, 0.25) is 0 Å². The van der Waals surface area contributed by atoms with Crippen molar-refractivity contribution in [2.24, 2.45) is 5.41 Å². The molecule has 0 aromatic rings. The Hall–Kier alpha value is -0.290. The van der Waals surface area contributed by atoms with Crippen LogP contribution in [-0.2, 0) is 4.74 Å². The molecule has 116 valence electrons. The monoisotopic (exact) mass is 283 g/mol. The molecule has 0 fully saturated rings. The van der Waals surface area contributed by atoms with E-state index in [1.807, 2.05) is 34.6 Å². The quantitative estimate of drug-likeness (QED) is 0.722. The number of nitrogens with one attached hydrogen (secondary N) is 1. The Morgan fingerprint density at radius 2 is 1.68 bits per heavy atom. The van der Waals surface area contributed by atoms with Crippen LogP contribution in [0.15, 0.2) is 0 Å². The van der Waals surface area contributed by atoms with Crippen molar-refractivity contribution >= 4 is 0 Å². The molecule has 0 rings (SSSR count). The van der Waals surface area contributed by atoms with Gasteiger partial charge in [-0.2, -0.15) is 13.2 Å². The number of hydrogen-bond donors (Lipinski definition) is 1. The fraction of sp³-hybridized carbons (Fsp3) is 1.00. The third-order valence-corrected chi connectivity index (χ3v) is 2.96. The summed E-state index contributed by atoms with van der Waals surface area (Å²) in [6.07, 6.45) is -4.14. The summed E-state index contributed by atoms with van der Waals surface area (Å²) in [5.41, 5.74) is -0.187. The molecular weight excluding hydrogens is 255 g/mol. The summed E-state index contributed by atoms with van der Waals surface area (Å²) in [5.74, 6) is 0. The van der Waals surface area contributed by atoms with E-state index in [0.29, 0.717) is 13.2 Å². The highest BCUT2D eigenvalue weighted by atomic mass is 19.4. The van der Waals surface area contributed by atoms with Crippen LogP contribution in [-0.4, -0.2) is 31.5 Å². The maximum atomic E-state index is 12.4. The van der Waals surface area contributed by atoms with Crippen LogP contribution in [0.4, 0.5) is 13.2 Å². The van der Waals surface area contributed by atoms with Gasteiger partial charge in [0.1, 0.15) is 0 Å². The summed E-state index contributed by atoms with van der Waals surface area (Å²) < 4.78 is 42.9. The number of halogens is 3. The topological polar surface area (TPSA) is 21.3 Å². The maximum absolute atomic E-state index is 12.4. The first-order valence-corrected chi connectivity index (χ1v) is 7.03. The molecule has 0 aliphatic heterocycles. The molecule has 2 atom stereocenters. The first-order valence-electron chi connectivity index (χ1n) is 7.03. The van der Waals surface area contributed by atoms with Crippen LogP contribution in [0.3, 0.4) is 0 Å². The average molecular weight is 283 g/mol. The number of ether oxygens (including phenoxy) is 1. The number of rotatable bonds is 8. The molecule has 0 spiro atoms. The molecule has 0 heterocycles. The van der Waals surface area contributed by atoms with Crippen LogP contribution in [0.5, 0.6) is 0 Å². The molecule has 0 aliphatic rings. The Labute approximate surface area is 115 Å². The summed E-state index contributed by atoms with van der Waals surface area (Å²) in [6.45, 7) is 11.1. The highest BCUT2D eigenvalue weighted by Gasteiger charge is 2.36. The zero-order chi connectivity index (χ0) is 15.1. The molecule has 0 aliphatic carbocycles. The summed E-state index contributed by atoms with van der Waals surface area (Å²) in [4.78, 5) is 0. The van der Waals surface area contributed by atoms with Gasteiger partial charge < -0.3 is 10.1 Å². The molecule has 1 N–H and O–H groups in total. The van der Waals surface area contributed by atoms with Gasteiger partial charge in [0.25, 0.3) is 0 Å². The van der Waals surface area contributed by atoms with Crippen molar-refractivity contribution in [3.05, 3.63) is 0 Å². The Morgan fingerprint density at radius 3 is 2.05 bits per heavy atom. The van der Waals surface area contributed by atoms with Gasteiger partial charge >= 0.3 is 6.18 Å². The van der Waals surface area contributed by atoms with E-state index in [2.05, 4.69) is 5.32 Å². The summed E-state index contributed by atoms with van der Waals surface area (Å²) in [7, 11) is 0. The summed E-state index contributed by atoms with van der Waals surface area (Å²) in [5, 5.41) is 3.21. The highest BCUT2D eigenvalue weighted by Crippen LogP contribution is 2.30. The van der Waals surface area contributed by atoms with Crippen molar-refractivity contribution in [3.8, 4) is 0 Å². The van der Waals surface area contributed by atoms with Crippen molar-refractivity contribution in [1.82, 2.24) is 5.32 Å². The first-order chi connectivity index (χ1) is 8.61. The van der Waals surface area contributed by atoms with E-state index in [1.54, 1.807) is 0 Å². The van der Waals surface area contributed by atoms with E-state index >= 15 is 0 Å². The second kappa shape index (κ2) is 8.10. The fourth-order valence-electron chi connectivity index (χ4n) is 2.16. The van der Waals surface area contributed by atoms with E-state index in [9.17, 15) is 13.2 Å². The van der Waals surface area contributed by atoms with E-state index in [4.69, 9.17) is 4.74 Å². The highest BCUT2D eigenvalue weighted by molar-refractivity contribution is 4.87. The molecule has 0 radical (unpaired) electrons. The average Bonchev–Trinajstić information content (AvgIpc) is 2.24. The molecule has 2 unspecified atom stereocenters. The van der Waals surface area contributed by atoms with Gasteiger partial charge in [-0.3, -0.25) is 0 Å². The van der Waals surface area contributed by atoms with Crippen LogP contribution in [0.2, 0.25) is 0 Å². The number of alkyl halides is 3. The lowest BCUT2D eigenvalue weighted by atomic mass is 9.82. The minimum atomic E-state index is -4.11. The second-order valence-electron chi connectivity index (χ2n) is 5.96. The first kappa shape index (κ1) is 18.7. The van der Waals surface area contributed by atoms with Crippen molar-refractivity contribution in [3.63, 3.8) is 0 Å². The smallest absolute Gasteiger partial charge is 0.376 e. The maximum Gasteiger partial charge on any atom is 0.389 e. The standard InChI is InChI=1S/C14H28F3NO/c1-6-10-18-11(8-9-14(15,16)17)12(19-7-2)13(3,4)5/h11-12,18H,6-10H2,1-5H3. The van der Waals surface area contributed by atoms with E-state index < -0.39 is 12.6 Å². The molecular formula is C14H28F3NO. The van der Waals surface area contributed by atoms with Crippen molar-refractivity contribution in [2.75, 3.05) is 13.2 Å². The van der Waals surface area contributed by atoms with Gasteiger partial charge in [-0.25, -0.2) is 0 Å². The van der Waals surface area contributed by atoms with Gasteiger partial charge in [0.05, 0.1) is 6.10 Å². The molecule has 0 bridgehead atoms. The Bertz CT molecular complexity index is 236. The van der Waals surface area contributed by atoms with Gasteiger partial charge in [-0.15, -0.1) is 0 Å². The predicted octanol–water partition coefficient (Wildman–Crippen LogP) is 4.15. The predicted molar refractivity (Wildman–Crippen MR) is 72.2 cm³/mol. The lowest BCUT2D eigenvalue weighted by Gasteiger charge is -2.37. The second-order valence-corrected chi connectivity index (χ2v) is 5.96. The Balaban J connectivity index is 4.75. The van der Waals surface area contributed by atoms with Crippen molar-refractivity contribution in [2.45, 2.75) is 72.2 Å². The Morgan fingerprint density at radius 1 is 1.11 bits per heavy atom. The van der Waals surface area contributed by atoms with Gasteiger partial charge in [-0.1, -0.05) is 27.7 Å². The molecule has 2 nitrogen and oxygen atoms in total. The molecule has 19 heavy (non-hydrogen) atoms. The van der Waals surface area contributed by atoms with E-state index in [1.165, 1.54) is 0 Å². The normalized spacial score (nSPS) is 16.4. The van der Waals surface area contributed by atoms with Crippen LogP contribution < -0.4 is 5.32 Å². The van der Waals surface area contributed by atoms with Gasteiger partial charge in [0, 0.05) is 19.1 Å². The zero-order valence-corrected chi connectivity index (χ0v) is 12.7. The summed E-state index contributed by atoms with van der Waals surface area (Å²) >= 11 is 0. The molecule has 0 saturated carbocycles. The van der Waals surface area contributed by atoms with Crippen LogP contribution in [0.25, 0.3) is 0 Å². The van der Waals surface area contributed by atoms with Crippen LogP contribution in [0.1, 0.15) is 53.9 Å². The van der Waals surface area contributed by atoms with Crippen LogP contribution >= 0.6 is 0 Å². The SMILES string of the molecule is CCCNC(CCC(F)(F)F)C(OCC)C(C)(C)C. The summed E-state index contributed by atoms with van der Waals surface area (Å²) in [6, 6.07) is -0.262. The lowest BCUT2D eigenvalue weighted by molar-refractivity contribution is -0.140. The number of hydrogen-bond acceptors (Lipinski definition) is 2. The zero-order valence-electron chi connectivity index (χ0n) is 12.7. The van der Waals surface area contributed by atoms with Gasteiger partial charge in [0.15, 0.2) is 0 Å². The van der Waals surface area contributed by atoms with E-state index in [0.717, 1.165) is 6.42 Å².